The molecule has 0 heterocycles. The first-order valence-electron chi connectivity index (χ1n) is 3.57. The van der Waals surface area contributed by atoms with E-state index in [2.05, 4.69) is 0 Å². The van der Waals surface area contributed by atoms with Crippen molar-refractivity contribution in [2.24, 2.45) is 0 Å². The molecule has 0 saturated carbocycles. The molecular weight excluding hydrogens is 142 g/mol. The normalized spacial score (nSPS) is 12.2. The SMILES string of the molecule is CCCC(O)=C(C=N)C(C)=O. The molecule has 0 aliphatic rings. The molecule has 0 aliphatic carbocycles. The number of carbonyl (C=O) groups excluding carboxylic acids is 1. The van der Waals surface area contributed by atoms with E-state index < -0.39 is 0 Å². The van der Waals surface area contributed by atoms with Gasteiger partial charge < -0.3 is 10.5 Å². The summed E-state index contributed by atoms with van der Waals surface area (Å²) in [6.07, 6.45) is 2.13. The highest BCUT2D eigenvalue weighted by molar-refractivity contribution is 6.11. The highest BCUT2D eigenvalue weighted by Crippen LogP contribution is 2.06. The molecule has 0 aromatic heterocycles. The summed E-state index contributed by atoms with van der Waals surface area (Å²) in [4.78, 5) is 10.7. The van der Waals surface area contributed by atoms with Gasteiger partial charge in [0, 0.05) is 12.6 Å². The standard InChI is InChI=1S/C8H13NO2/c1-3-4-8(11)7(5-9)6(2)10/h5,9,11H,3-4H2,1-2H3. The Labute approximate surface area is 66.2 Å². The molecule has 0 atom stereocenters. The van der Waals surface area contributed by atoms with Gasteiger partial charge in [-0.15, -0.1) is 0 Å². The number of hydrogen-bond donors (Lipinski definition) is 2. The van der Waals surface area contributed by atoms with Gasteiger partial charge in [0.25, 0.3) is 0 Å². The van der Waals surface area contributed by atoms with Gasteiger partial charge in [-0.3, -0.25) is 4.79 Å². The maximum Gasteiger partial charge on any atom is 0.164 e. The van der Waals surface area contributed by atoms with Crippen LogP contribution in [0.15, 0.2) is 11.3 Å². The van der Waals surface area contributed by atoms with Gasteiger partial charge in [0.2, 0.25) is 0 Å². The lowest BCUT2D eigenvalue weighted by Gasteiger charge is -1.99. The summed E-state index contributed by atoms with van der Waals surface area (Å²) in [5, 5.41) is 16.0. The van der Waals surface area contributed by atoms with E-state index in [1.807, 2.05) is 6.92 Å². The first kappa shape index (κ1) is 9.88. The Morgan fingerprint density at radius 1 is 1.64 bits per heavy atom. The second-order valence-corrected chi connectivity index (χ2v) is 2.31. The fraction of sp³-hybridized carbons (Fsp3) is 0.500. The number of Topliss-reactive ketones (excluding diaryl/α,β-unsaturated/α-hetero) is 1. The Balaban J connectivity index is 4.53. The van der Waals surface area contributed by atoms with E-state index in [9.17, 15) is 9.90 Å². The molecule has 0 fully saturated rings. The third kappa shape index (κ3) is 2.98. The molecule has 11 heavy (non-hydrogen) atoms. The Bertz CT molecular complexity index is 194. The monoisotopic (exact) mass is 155 g/mol. The largest absolute Gasteiger partial charge is 0.512 e. The van der Waals surface area contributed by atoms with Gasteiger partial charge in [-0.25, -0.2) is 0 Å². The van der Waals surface area contributed by atoms with Gasteiger partial charge in [0.05, 0.1) is 5.57 Å². The first-order valence-corrected chi connectivity index (χ1v) is 3.57. The van der Waals surface area contributed by atoms with E-state index in [1.54, 1.807) is 0 Å². The van der Waals surface area contributed by atoms with Crippen LogP contribution in [0.2, 0.25) is 0 Å². The minimum Gasteiger partial charge on any atom is -0.512 e. The molecule has 0 unspecified atom stereocenters. The van der Waals surface area contributed by atoms with Crippen LogP contribution in [0, 0.1) is 5.41 Å². The molecule has 0 aromatic carbocycles. The minimum absolute atomic E-state index is 0.0231. The molecule has 62 valence electrons. The van der Waals surface area contributed by atoms with Crippen molar-refractivity contribution in [1.82, 2.24) is 0 Å². The quantitative estimate of drug-likeness (QED) is 0.369. The molecule has 0 radical (unpaired) electrons. The van der Waals surface area contributed by atoms with Crippen LogP contribution >= 0.6 is 0 Å². The van der Waals surface area contributed by atoms with Crippen molar-refractivity contribution in [3.05, 3.63) is 11.3 Å². The zero-order valence-electron chi connectivity index (χ0n) is 6.85. The van der Waals surface area contributed by atoms with E-state index in [0.717, 1.165) is 12.6 Å². The molecule has 0 spiro atoms. The number of carbonyl (C=O) groups is 1. The Hall–Kier alpha value is -1.12. The zero-order chi connectivity index (χ0) is 8.85. The summed E-state index contributed by atoms with van der Waals surface area (Å²) in [5.74, 6) is -0.235. The Morgan fingerprint density at radius 2 is 2.18 bits per heavy atom. The second-order valence-electron chi connectivity index (χ2n) is 2.31. The molecule has 3 heteroatoms. The lowest BCUT2D eigenvalue weighted by molar-refractivity contribution is -0.113. The van der Waals surface area contributed by atoms with Gasteiger partial charge in [-0.05, 0) is 13.3 Å². The highest BCUT2D eigenvalue weighted by atomic mass is 16.3. The van der Waals surface area contributed by atoms with Crippen LogP contribution < -0.4 is 0 Å². The summed E-state index contributed by atoms with van der Waals surface area (Å²) in [7, 11) is 0. The number of aliphatic hydroxyl groups excluding tert-OH is 1. The zero-order valence-corrected chi connectivity index (χ0v) is 6.85. The second kappa shape index (κ2) is 4.66. The highest BCUT2D eigenvalue weighted by Gasteiger charge is 2.06. The Kier molecular flexibility index (Phi) is 4.18. The maximum absolute atomic E-state index is 10.7. The van der Waals surface area contributed by atoms with Gasteiger partial charge in [-0.2, -0.15) is 0 Å². The van der Waals surface area contributed by atoms with Crippen LogP contribution in [0.25, 0.3) is 0 Å². The summed E-state index contributed by atoms with van der Waals surface area (Å²) >= 11 is 0. The molecule has 3 nitrogen and oxygen atoms in total. The van der Waals surface area contributed by atoms with Gasteiger partial charge in [-0.1, -0.05) is 6.92 Å². The molecule has 0 amide bonds. The lowest BCUT2D eigenvalue weighted by atomic mass is 10.1. The summed E-state index contributed by atoms with van der Waals surface area (Å²) in [6.45, 7) is 3.24. The summed E-state index contributed by atoms with van der Waals surface area (Å²) in [5.41, 5.74) is 0.117. The van der Waals surface area contributed by atoms with Crippen molar-refractivity contribution in [3.63, 3.8) is 0 Å². The van der Waals surface area contributed by atoms with Crippen LogP contribution in [0.3, 0.4) is 0 Å². The van der Waals surface area contributed by atoms with Gasteiger partial charge in [0.15, 0.2) is 5.78 Å². The van der Waals surface area contributed by atoms with E-state index in [1.165, 1.54) is 6.92 Å². The third-order valence-electron chi connectivity index (χ3n) is 1.32. The van der Waals surface area contributed by atoms with E-state index >= 15 is 0 Å². The predicted molar refractivity (Wildman–Crippen MR) is 44.0 cm³/mol. The number of hydrogen-bond acceptors (Lipinski definition) is 3. The van der Waals surface area contributed by atoms with Crippen molar-refractivity contribution in [2.75, 3.05) is 0 Å². The van der Waals surface area contributed by atoms with Crippen LogP contribution in [-0.2, 0) is 4.79 Å². The maximum atomic E-state index is 10.7. The fourth-order valence-corrected chi connectivity index (χ4v) is 0.760. The van der Waals surface area contributed by atoms with Crippen LogP contribution in [0.5, 0.6) is 0 Å². The molecular formula is C8H13NO2. The van der Waals surface area contributed by atoms with E-state index in [4.69, 9.17) is 5.41 Å². The molecule has 2 N–H and O–H groups in total. The number of allylic oxidation sites excluding steroid dienone is 2. The van der Waals surface area contributed by atoms with Crippen molar-refractivity contribution in [1.29, 1.82) is 5.41 Å². The van der Waals surface area contributed by atoms with Crippen molar-refractivity contribution in [2.45, 2.75) is 26.7 Å². The molecule has 0 rings (SSSR count). The number of aliphatic hydroxyl groups is 1. The van der Waals surface area contributed by atoms with E-state index in [0.29, 0.717) is 6.42 Å². The van der Waals surface area contributed by atoms with Crippen LogP contribution in [0.4, 0.5) is 0 Å². The van der Waals surface area contributed by atoms with Crippen molar-refractivity contribution >= 4 is 12.0 Å². The Morgan fingerprint density at radius 3 is 2.45 bits per heavy atom. The summed E-state index contributed by atoms with van der Waals surface area (Å²) in [6, 6.07) is 0. The van der Waals surface area contributed by atoms with Crippen molar-refractivity contribution in [3.8, 4) is 0 Å². The van der Waals surface area contributed by atoms with Crippen LogP contribution in [0.1, 0.15) is 26.7 Å². The molecule has 0 aliphatic heterocycles. The minimum atomic E-state index is -0.258. The number of rotatable bonds is 4. The molecule has 0 saturated heterocycles. The lowest BCUT2D eigenvalue weighted by Crippen LogP contribution is -2.02. The fourth-order valence-electron chi connectivity index (χ4n) is 0.760. The average molecular weight is 155 g/mol. The molecule has 0 aromatic rings. The molecule has 0 bridgehead atoms. The number of ketones is 1. The van der Waals surface area contributed by atoms with Gasteiger partial charge in [0.1, 0.15) is 5.76 Å². The first-order chi connectivity index (χ1) is 5.13. The smallest absolute Gasteiger partial charge is 0.164 e. The summed E-state index contributed by atoms with van der Waals surface area (Å²) < 4.78 is 0. The number of nitrogens with one attached hydrogen (secondary N) is 1. The topological polar surface area (TPSA) is 61.1 Å². The predicted octanol–water partition coefficient (Wildman–Crippen LogP) is 1.84. The van der Waals surface area contributed by atoms with Crippen molar-refractivity contribution < 1.29 is 9.90 Å². The average Bonchev–Trinajstić information content (AvgIpc) is 1.88. The van der Waals surface area contributed by atoms with Crippen LogP contribution in [-0.4, -0.2) is 17.1 Å². The third-order valence-corrected chi connectivity index (χ3v) is 1.32. The van der Waals surface area contributed by atoms with E-state index in [-0.39, 0.29) is 17.1 Å². The van der Waals surface area contributed by atoms with Gasteiger partial charge >= 0.3 is 0 Å².